The lowest BCUT2D eigenvalue weighted by Gasteiger charge is -2.12. The third-order valence-corrected chi connectivity index (χ3v) is 3.15. The second kappa shape index (κ2) is 6.82. The van der Waals surface area contributed by atoms with Gasteiger partial charge in [0.1, 0.15) is 6.54 Å². The number of amides is 1. The highest BCUT2D eigenvalue weighted by Crippen LogP contribution is 2.30. The summed E-state index contributed by atoms with van der Waals surface area (Å²) < 4.78 is 11.6. The van der Waals surface area contributed by atoms with Crippen LogP contribution in [-0.4, -0.2) is 41.0 Å². The Labute approximate surface area is 132 Å². The SMILES string of the molecule is COc1cc(C)c(C(=O)Nc2ccn(CC(=O)O)n2)cc1OC. The molecule has 8 heteroatoms. The molecule has 0 fully saturated rings. The first-order chi connectivity index (χ1) is 10.9. The highest BCUT2D eigenvalue weighted by Gasteiger charge is 2.15. The molecule has 0 aliphatic rings. The second-order valence-electron chi connectivity index (χ2n) is 4.77. The van der Waals surface area contributed by atoms with E-state index in [-0.39, 0.29) is 18.3 Å². The highest BCUT2D eigenvalue weighted by atomic mass is 16.5. The molecule has 2 aromatic rings. The number of hydrogen-bond acceptors (Lipinski definition) is 5. The van der Waals surface area contributed by atoms with E-state index in [1.807, 2.05) is 0 Å². The number of aromatic nitrogens is 2. The molecule has 1 heterocycles. The van der Waals surface area contributed by atoms with Crippen LogP contribution in [0.25, 0.3) is 0 Å². The summed E-state index contributed by atoms with van der Waals surface area (Å²) in [4.78, 5) is 23.0. The van der Waals surface area contributed by atoms with Crippen LogP contribution in [0.2, 0.25) is 0 Å². The molecule has 0 aliphatic heterocycles. The summed E-state index contributed by atoms with van der Waals surface area (Å²) in [5.74, 6) is -0.136. The number of nitrogens with zero attached hydrogens (tertiary/aromatic N) is 2. The maximum absolute atomic E-state index is 12.4. The molecular formula is C15H17N3O5. The van der Waals surface area contributed by atoms with Crippen LogP contribution in [0, 0.1) is 6.92 Å². The van der Waals surface area contributed by atoms with Crippen molar-refractivity contribution in [2.45, 2.75) is 13.5 Å². The van der Waals surface area contributed by atoms with Crippen molar-refractivity contribution in [2.75, 3.05) is 19.5 Å². The molecule has 0 saturated heterocycles. The molecule has 0 saturated carbocycles. The van der Waals surface area contributed by atoms with E-state index in [1.54, 1.807) is 19.1 Å². The fourth-order valence-corrected chi connectivity index (χ4v) is 2.06. The number of carboxylic acids is 1. The zero-order chi connectivity index (χ0) is 17.0. The van der Waals surface area contributed by atoms with E-state index >= 15 is 0 Å². The van der Waals surface area contributed by atoms with Crippen molar-refractivity contribution in [3.8, 4) is 11.5 Å². The highest BCUT2D eigenvalue weighted by molar-refractivity contribution is 6.05. The van der Waals surface area contributed by atoms with Crippen LogP contribution in [-0.2, 0) is 11.3 Å². The normalized spacial score (nSPS) is 10.2. The van der Waals surface area contributed by atoms with E-state index < -0.39 is 5.97 Å². The fraction of sp³-hybridized carbons (Fsp3) is 0.267. The van der Waals surface area contributed by atoms with E-state index in [1.165, 1.54) is 31.2 Å². The maximum atomic E-state index is 12.4. The Kier molecular flexibility index (Phi) is 4.85. The largest absolute Gasteiger partial charge is 0.493 e. The molecule has 0 unspecified atom stereocenters. The third-order valence-electron chi connectivity index (χ3n) is 3.15. The predicted octanol–water partition coefficient (Wildman–Crippen LogP) is 1.55. The molecule has 1 aromatic carbocycles. The van der Waals surface area contributed by atoms with Gasteiger partial charge in [-0.05, 0) is 24.6 Å². The quantitative estimate of drug-likeness (QED) is 0.837. The van der Waals surface area contributed by atoms with Crippen LogP contribution in [0.3, 0.4) is 0 Å². The minimum absolute atomic E-state index is 0.269. The molecular weight excluding hydrogens is 302 g/mol. The summed E-state index contributed by atoms with van der Waals surface area (Å²) in [6, 6.07) is 4.81. The molecule has 0 spiro atoms. The zero-order valence-corrected chi connectivity index (χ0v) is 13.0. The van der Waals surface area contributed by atoms with Gasteiger partial charge in [0.15, 0.2) is 17.3 Å². The number of carboxylic acid groups (broad SMARTS) is 1. The number of hydrogen-bond donors (Lipinski definition) is 2. The number of carbonyl (C=O) groups is 2. The average Bonchev–Trinajstić information content (AvgIpc) is 2.92. The van der Waals surface area contributed by atoms with E-state index in [4.69, 9.17) is 14.6 Å². The molecule has 122 valence electrons. The topological polar surface area (TPSA) is 103 Å². The maximum Gasteiger partial charge on any atom is 0.325 e. The summed E-state index contributed by atoms with van der Waals surface area (Å²) >= 11 is 0. The number of ether oxygens (including phenoxy) is 2. The van der Waals surface area contributed by atoms with Gasteiger partial charge in [-0.3, -0.25) is 14.3 Å². The summed E-state index contributed by atoms with van der Waals surface area (Å²) in [7, 11) is 3.01. The van der Waals surface area contributed by atoms with Crippen molar-refractivity contribution in [1.82, 2.24) is 9.78 Å². The smallest absolute Gasteiger partial charge is 0.325 e. The van der Waals surface area contributed by atoms with Crippen molar-refractivity contribution in [3.05, 3.63) is 35.5 Å². The minimum Gasteiger partial charge on any atom is -0.493 e. The number of rotatable bonds is 6. The summed E-state index contributed by atoms with van der Waals surface area (Å²) in [5, 5.41) is 15.3. The lowest BCUT2D eigenvalue weighted by molar-refractivity contribution is -0.137. The monoisotopic (exact) mass is 319 g/mol. The Morgan fingerprint density at radius 3 is 2.52 bits per heavy atom. The molecule has 0 radical (unpaired) electrons. The lowest BCUT2D eigenvalue weighted by atomic mass is 10.1. The number of nitrogens with one attached hydrogen (secondary N) is 1. The van der Waals surface area contributed by atoms with Gasteiger partial charge >= 0.3 is 5.97 Å². The van der Waals surface area contributed by atoms with Gasteiger partial charge in [-0.2, -0.15) is 5.10 Å². The Morgan fingerprint density at radius 2 is 1.91 bits per heavy atom. The van der Waals surface area contributed by atoms with Crippen LogP contribution < -0.4 is 14.8 Å². The van der Waals surface area contributed by atoms with Gasteiger partial charge in [0, 0.05) is 17.8 Å². The second-order valence-corrected chi connectivity index (χ2v) is 4.77. The number of anilines is 1. The number of benzene rings is 1. The van der Waals surface area contributed by atoms with Gasteiger partial charge in [0.05, 0.1) is 14.2 Å². The van der Waals surface area contributed by atoms with E-state index in [0.29, 0.717) is 22.6 Å². The molecule has 0 bridgehead atoms. The van der Waals surface area contributed by atoms with Gasteiger partial charge < -0.3 is 19.9 Å². The molecule has 2 rings (SSSR count). The number of aliphatic carboxylic acids is 1. The molecule has 23 heavy (non-hydrogen) atoms. The Morgan fingerprint density at radius 1 is 1.26 bits per heavy atom. The third kappa shape index (κ3) is 3.79. The first-order valence-electron chi connectivity index (χ1n) is 6.73. The predicted molar refractivity (Wildman–Crippen MR) is 82.1 cm³/mol. The number of carbonyl (C=O) groups excluding carboxylic acids is 1. The van der Waals surface area contributed by atoms with Crippen LogP contribution in [0.5, 0.6) is 11.5 Å². The van der Waals surface area contributed by atoms with Crippen LogP contribution in [0.1, 0.15) is 15.9 Å². The number of methoxy groups -OCH3 is 2. The van der Waals surface area contributed by atoms with Crippen molar-refractivity contribution < 1.29 is 24.2 Å². The van der Waals surface area contributed by atoms with E-state index in [9.17, 15) is 9.59 Å². The average molecular weight is 319 g/mol. The first-order valence-corrected chi connectivity index (χ1v) is 6.73. The van der Waals surface area contributed by atoms with Crippen molar-refractivity contribution in [2.24, 2.45) is 0 Å². The summed E-state index contributed by atoms with van der Waals surface area (Å²) in [6.45, 7) is 1.51. The van der Waals surface area contributed by atoms with Gasteiger partial charge in [-0.25, -0.2) is 0 Å². The van der Waals surface area contributed by atoms with Crippen molar-refractivity contribution in [3.63, 3.8) is 0 Å². The standard InChI is InChI=1S/C15H17N3O5/c1-9-6-11(22-2)12(23-3)7-10(9)15(21)16-13-4-5-18(17-13)8-14(19)20/h4-7H,8H2,1-3H3,(H,19,20)(H,16,17,21). The van der Waals surface area contributed by atoms with Gasteiger partial charge in [0.2, 0.25) is 0 Å². The molecule has 1 aromatic heterocycles. The molecule has 8 nitrogen and oxygen atoms in total. The lowest BCUT2D eigenvalue weighted by Crippen LogP contribution is -2.15. The van der Waals surface area contributed by atoms with Gasteiger partial charge in [-0.15, -0.1) is 0 Å². The molecule has 2 N–H and O–H groups in total. The molecule has 0 atom stereocenters. The van der Waals surface area contributed by atoms with Gasteiger partial charge in [-0.1, -0.05) is 0 Å². The molecule has 1 amide bonds. The fourth-order valence-electron chi connectivity index (χ4n) is 2.06. The van der Waals surface area contributed by atoms with Crippen LogP contribution >= 0.6 is 0 Å². The van der Waals surface area contributed by atoms with Gasteiger partial charge in [0.25, 0.3) is 5.91 Å². The van der Waals surface area contributed by atoms with Crippen molar-refractivity contribution >= 4 is 17.7 Å². The zero-order valence-electron chi connectivity index (χ0n) is 13.0. The minimum atomic E-state index is -1.01. The van der Waals surface area contributed by atoms with Crippen molar-refractivity contribution in [1.29, 1.82) is 0 Å². The number of aryl methyl sites for hydroxylation is 1. The van der Waals surface area contributed by atoms with Crippen LogP contribution in [0.4, 0.5) is 5.82 Å². The Bertz CT molecular complexity index is 739. The van der Waals surface area contributed by atoms with E-state index in [0.717, 1.165) is 0 Å². The molecule has 0 aliphatic carbocycles. The van der Waals surface area contributed by atoms with Crippen LogP contribution in [0.15, 0.2) is 24.4 Å². The summed E-state index contributed by atoms with van der Waals surface area (Å²) in [5.41, 5.74) is 1.13. The first kappa shape index (κ1) is 16.3. The summed E-state index contributed by atoms with van der Waals surface area (Å²) in [6.07, 6.45) is 1.48. The Hall–Kier alpha value is -3.03. The Balaban J connectivity index is 2.20. The van der Waals surface area contributed by atoms with E-state index in [2.05, 4.69) is 10.4 Å².